The van der Waals surface area contributed by atoms with E-state index in [-0.39, 0.29) is 24.7 Å². The van der Waals surface area contributed by atoms with E-state index in [0.717, 1.165) is 28.3 Å². The Balaban J connectivity index is 1.45. The molecule has 10 heteroatoms. The second-order valence-corrected chi connectivity index (χ2v) is 11.3. The van der Waals surface area contributed by atoms with E-state index < -0.39 is 47.4 Å². The summed E-state index contributed by atoms with van der Waals surface area (Å²) in [5, 5.41) is 5.18. The van der Waals surface area contributed by atoms with E-state index in [4.69, 9.17) is 14.2 Å². The molecule has 2 atom stereocenters. The highest BCUT2D eigenvalue weighted by atomic mass is 19.4. The number of rotatable bonds is 8. The van der Waals surface area contributed by atoms with Crippen molar-refractivity contribution in [2.24, 2.45) is 0 Å². The van der Waals surface area contributed by atoms with Crippen molar-refractivity contribution < 1.29 is 37.0 Å². The van der Waals surface area contributed by atoms with Gasteiger partial charge in [0.25, 0.3) is 0 Å². The molecule has 0 saturated heterocycles. The largest absolute Gasteiger partial charge is 0.490 e. The van der Waals surface area contributed by atoms with Crippen LogP contribution in [0.1, 0.15) is 68.8 Å². The lowest BCUT2D eigenvalue weighted by atomic mass is 9.98. The number of alkyl carbamates (subject to hydrolysis) is 2. The van der Waals surface area contributed by atoms with E-state index in [9.17, 15) is 22.8 Å². The molecule has 4 rings (SSSR count). The zero-order valence-corrected chi connectivity index (χ0v) is 24.2. The summed E-state index contributed by atoms with van der Waals surface area (Å²) in [4.78, 5) is 24.9. The van der Waals surface area contributed by atoms with Crippen molar-refractivity contribution in [1.82, 2.24) is 10.6 Å². The van der Waals surface area contributed by atoms with Crippen LogP contribution in [0.2, 0.25) is 0 Å². The monoisotopic (exact) mass is 584 g/mol. The molecule has 42 heavy (non-hydrogen) atoms. The fourth-order valence-electron chi connectivity index (χ4n) is 4.93. The van der Waals surface area contributed by atoms with Crippen LogP contribution in [0.3, 0.4) is 0 Å². The van der Waals surface area contributed by atoms with E-state index in [1.54, 1.807) is 34.6 Å². The van der Waals surface area contributed by atoms with Gasteiger partial charge in [-0.3, -0.25) is 0 Å². The molecule has 0 saturated carbocycles. The molecule has 1 aliphatic carbocycles. The summed E-state index contributed by atoms with van der Waals surface area (Å²) in [5.74, 6) is -0.598. The van der Waals surface area contributed by atoms with Crippen LogP contribution in [0.15, 0.2) is 66.7 Å². The third-order valence-electron chi connectivity index (χ3n) is 6.74. The van der Waals surface area contributed by atoms with E-state index in [1.165, 1.54) is 12.1 Å². The lowest BCUT2D eigenvalue weighted by molar-refractivity contribution is -0.139. The minimum absolute atomic E-state index is 0.0619. The Hall–Kier alpha value is -4.21. The number of nitrogens with one attached hydrogen (secondary N) is 2. The van der Waals surface area contributed by atoms with Gasteiger partial charge < -0.3 is 24.8 Å². The van der Waals surface area contributed by atoms with Crippen LogP contribution >= 0.6 is 0 Å². The number of para-hydroxylation sites is 1. The Labute approximate surface area is 243 Å². The number of halogens is 3. The zero-order valence-electron chi connectivity index (χ0n) is 24.2. The zero-order chi connectivity index (χ0) is 30.7. The van der Waals surface area contributed by atoms with Gasteiger partial charge in [0.2, 0.25) is 0 Å². The van der Waals surface area contributed by atoms with Gasteiger partial charge in [-0.25, -0.2) is 9.59 Å². The Morgan fingerprint density at radius 1 is 0.833 bits per heavy atom. The van der Waals surface area contributed by atoms with Crippen LogP contribution in [-0.4, -0.2) is 37.0 Å². The molecule has 0 aromatic heterocycles. The van der Waals surface area contributed by atoms with Gasteiger partial charge in [-0.2, -0.15) is 13.2 Å². The molecule has 2 N–H and O–H groups in total. The molecule has 3 aromatic carbocycles. The number of carbonyl (C=O) groups is 2. The molecule has 0 spiro atoms. The average molecular weight is 585 g/mol. The average Bonchev–Trinajstić information content (AvgIpc) is 3.22. The molecule has 0 fully saturated rings. The highest BCUT2D eigenvalue weighted by Gasteiger charge is 2.36. The Morgan fingerprint density at radius 2 is 1.43 bits per heavy atom. The second-order valence-electron chi connectivity index (χ2n) is 11.3. The van der Waals surface area contributed by atoms with Gasteiger partial charge >= 0.3 is 18.4 Å². The highest BCUT2D eigenvalue weighted by Crippen LogP contribution is 2.44. The summed E-state index contributed by atoms with van der Waals surface area (Å²) in [6, 6.07) is 17.9. The standard InChI is InChI=1S/C32H35F3N2O5/c1-19(36-30(39)42-31(3,4)5)17-40-28-21(15-10-16-27(28)32(33,34)35)20(2)37-29(38)41-18-26-24-13-8-6-11-22(24)23-12-7-9-14-25(23)26/h6-16,19-20,26H,17-18H2,1-5H3,(H,36,39)(H,37,38)/t19?,20-/m1/s1. The normalized spacial score (nSPS) is 14.3. The van der Waals surface area contributed by atoms with E-state index >= 15 is 0 Å². The SMILES string of the molecule is CC(COc1c([C@@H](C)NC(=O)OCC2c3ccccc3-c3ccccc32)cccc1C(F)(F)F)NC(=O)OC(C)(C)C. The molecule has 1 unspecified atom stereocenters. The smallest absolute Gasteiger partial charge is 0.419 e. The van der Waals surface area contributed by atoms with Gasteiger partial charge in [0, 0.05) is 11.5 Å². The van der Waals surface area contributed by atoms with Crippen molar-refractivity contribution in [1.29, 1.82) is 0 Å². The summed E-state index contributed by atoms with van der Waals surface area (Å²) in [6.45, 7) is 8.02. The third-order valence-corrected chi connectivity index (χ3v) is 6.74. The lowest BCUT2D eigenvalue weighted by Crippen LogP contribution is -2.40. The Morgan fingerprint density at radius 3 is 2.00 bits per heavy atom. The van der Waals surface area contributed by atoms with Gasteiger partial charge in [0.1, 0.15) is 24.6 Å². The summed E-state index contributed by atoms with van der Waals surface area (Å²) in [7, 11) is 0. The fraction of sp³-hybridized carbons (Fsp3) is 0.375. The summed E-state index contributed by atoms with van der Waals surface area (Å²) in [6.07, 6.45) is -6.20. The Bertz CT molecular complexity index is 1390. The van der Waals surface area contributed by atoms with Crippen LogP contribution in [0, 0.1) is 0 Å². The van der Waals surface area contributed by atoms with Gasteiger partial charge in [0.05, 0.1) is 17.6 Å². The number of ether oxygens (including phenoxy) is 3. The third kappa shape index (κ3) is 7.35. The molecule has 1 aliphatic rings. The molecule has 0 aliphatic heterocycles. The molecule has 3 aromatic rings. The van der Waals surface area contributed by atoms with Crippen LogP contribution in [-0.2, 0) is 15.7 Å². The lowest BCUT2D eigenvalue weighted by Gasteiger charge is -2.24. The maximum absolute atomic E-state index is 13.9. The van der Waals surface area contributed by atoms with E-state index in [2.05, 4.69) is 10.6 Å². The van der Waals surface area contributed by atoms with Crippen molar-refractivity contribution >= 4 is 12.2 Å². The first-order chi connectivity index (χ1) is 19.7. The predicted octanol–water partition coefficient (Wildman–Crippen LogP) is 7.60. The Kier molecular flexibility index (Phi) is 9.03. The quantitative estimate of drug-likeness (QED) is 0.285. The topological polar surface area (TPSA) is 85.9 Å². The van der Waals surface area contributed by atoms with Gasteiger partial charge in [-0.05, 0) is 62.9 Å². The first-order valence-corrected chi connectivity index (χ1v) is 13.7. The molecule has 224 valence electrons. The minimum Gasteiger partial charge on any atom is -0.490 e. The maximum atomic E-state index is 13.9. The number of alkyl halides is 3. The fourth-order valence-corrected chi connectivity index (χ4v) is 4.93. The minimum atomic E-state index is -4.71. The molecule has 0 bridgehead atoms. The number of hydrogen-bond acceptors (Lipinski definition) is 5. The number of fused-ring (bicyclic) bond motifs is 3. The first-order valence-electron chi connectivity index (χ1n) is 13.7. The molecular formula is C32H35F3N2O5. The van der Waals surface area contributed by atoms with Crippen LogP contribution in [0.5, 0.6) is 5.75 Å². The van der Waals surface area contributed by atoms with Crippen LogP contribution in [0.4, 0.5) is 22.8 Å². The number of carbonyl (C=O) groups excluding carboxylic acids is 2. The van der Waals surface area contributed by atoms with Crippen LogP contribution in [0.25, 0.3) is 11.1 Å². The summed E-state index contributed by atoms with van der Waals surface area (Å²) >= 11 is 0. The van der Waals surface area contributed by atoms with Gasteiger partial charge in [-0.15, -0.1) is 0 Å². The molecule has 0 heterocycles. The summed E-state index contributed by atoms with van der Waals surface area (Å²) < 4.78 is 58.2. The second kappa shape index (κ2) is 12.3. The van der Waals surface area contributed by atoms with Crippen LogP contribution < -0.4 is 15.4 Å². The maximum Gasteiger partial charge on any atom is 0.419 e. The van der Waals surface area contributed by atoms with Crippen molar-refractivity contribution in [3.8, 4) is 16.9 Å². The van der Waals surface area contributed by atoms with Crippen molar-refractivity contribution in [3.63, 3.8) is 0 Å². The number of benzene rings is 3. The van der Waals surface area contributed by atoms with E-state index in [1.807, 2.05) is 48.5 Å². The molecule has 7 nitrogen and oxygen atoms in total. The number of amides is 2. The first kappa shape index (κ1) is 30.7. The number of hydrogen-bond donors (Lipinski definition) is 2. The molecular weight excluding hydrogens is 549 g/mol. The summed E-state index contributed by atoms with van der Waals surface area (Å²) in [5.41, 5.74) is 2.63. The molecule has 2 amide bonds. The van der Waals surface area contributed by atoms with Gasteiger partial charge in [0.15, 0.2) is 0 Å². The predicted molar refractivity (Wildman–Crippen MR) is 152 cm³/mol. The van der Waals surface area contributed by atoms with Gasteiger partial charge in [-0.1, -0.05) is 60.7 Å². The molecule has 0 radical (unpaired) electrons. The van der Waals surface area contributed by atoms with Crippen molar-refractivity contribution in [3.05, 3.63) is 89.0 Å². The van der Waals surface area contributed by atoms with E-state index in [0.29, 0.717) is 0 Å². The van der Waals surface area contributed by atoms with Crippen molar-refractivity contribution in [2.45, 2.75) is 64.4 Å². The highest BCUT2D eigenvalue weighted by molar-refractivity contribution is 5.79. The van der Waals surface area contributed by atoms with Crippen molar-refractivity contribution in [2.75, 3.05) is 13.2 Å².